The molecule has 6 nitrogen and oxygen atoms in total. The molecule has 3 unspecified atom stereocenters. The summed E-state index contributed by atoms with van der Waals surface area (Å²) in [7, 11) is 0. The molecule has 1 aromatic heterocycles. The van der Waals surface area contributed by atoms with Crippen molar-refractivity contribution in [2.75, 3.05) is 0 Å². The summed E-state index contributed by atoms with van der Waals surface area (Å²) in [5, 5.41) is 10.4. The van der Waals surface area contributed by atoms with E-state index in [2.05, 4.69) is 20.8 Å². The maximum absolute atomic E-state index is 11.9. The molecule has 21 heavy (non-hydrogen) atoms. The highest BCUT2D eigenvalue weighted by atomic mass is 16.5. The van der Waals surface area contributed by atoms with Crippen molar-refractivity contribution in [3.8, 4) is 0 Å². The molecule has 2 saturated carbocycles. The van der Waals surface area contributed by atoms with E-state index in [1.54, 1.807) is 0 Å². The van der Waals surface area contributed by atoms with E-state index in [0.717, 1.165) is 25.2 Å². The highest BCUT2D eigenvalue weighted by molar-refractivity contribution is 5.90. The van der Waals surface area contributed by atoms with Gasteiger partial charge < -0.3 is 15.2 Å². The van der Waals surface area contributed by atoms with Crippen molar-refractivity contribution in [3.05, 3.63) is 11.7 Å². The second-order valence-electron chi connectivity index (χ2n) is 6.65. The Hall–Kier alpha value is -1.43. The first-order valence-corrected chi connectivity index (χ1v) is 8.20. The number of fused-ring (bicyclic) bond motifs is 1. The summed E-state index contributed by atoms with van der Waals surface area (Å²) in [4.78, 5) is 16.2. The van der Waals surface area contributed by atoms with Crippen LogP contribution in [0, 0.1) is 5.92 Å². The zero-order valence-corrected chi connectivity index (χ0v) is 12.2. The maximum atomic E-state index is 11.9. The first kappa shape index (κ1) is 13.2. The van der Waals surface area contributed by atoms with E-state index in [9.17, 15) is 4.79 Å². The van der Waals surface area contributed by atoms with E-state index >= 15 is 0 Å². The molecular weight excluding hydrogens is 268 g/mol. The summed E-state index contributed by atoms with van der Waals surface area (Å²) in [6, 6.07) is 1.00. The lowest BCUT2D eigenvalue weighted by Crippen LogP contribution is -2.44. The van der Waals surface area contributed by atoms with Gasteiger partial charge in [-0.1, -0.05) is 18.0 Å². The summed E-state index contributed by atoms with van der Waals surface area (Å²) in [5.41, 5.74) is 0. The number of amides is 1. The molecular formula is C15H22N4O2. The molecule has 3 fully saturated rings. The normalized spacial score (nSPS) is 32.5. The molecule has 1 aromatic rings. The number of nitrogens with one attached hydrogen (secondary N) is 2. The largest absolute Gasteiger partial charge is 0.346 e. The Labute approximate surface area is 124 Å². The molecule has 3 atom stereocenters. The van der Waals surface area contributed by atoms with Gasteiger partial charge in [-0.3, -0.25) is 4.79 Å². The van der Waals surface area contributed by atoms with Crippen molar-refractivity contribution in [1.82, 2.24) is 20.8 Å². The van der Waals surface area contributed by atoms with Crippen LogP contribution in [0.25, 0.3) is 0 Å². The number of rotatable bonds is 3. The van der Waals surface area contributed by atoms with Crippen molar-refractivity contribution < 1.29 is 9.32 Å². The van der Waals surface area contributed by atoms with Gasteiger partial charge in [0.15, 0.2) is 0 Å². The lowest BCUT2D eigenvalue weighted by molar-refractivity contribution is 0.0937. The second kappa shape index (κ2) is 5.40. The van der Waals surface area contributed by atoms with Crippen LogP contribution in [0.1, 0.15) is 73.9 Å². The van der Waals surface area contributed by atoms with Gasteiger partial charge in [-0.05, 0) is 44.4 Å². The van der Waals surface area contributed by atoms with Crippen LogP contribution >= 0.6 is 0 Å². The van der Waals surface area contributed by atoms with Gasteiger partial charge >= 0.3 is 0 Å². The summed E-state index contributed by atoms with van der Waals surface area (Å²) in [6.45, 7) is 0. The van der Waals surface area contributed by atoms with E-state index in [-0.39, 0.29) is 17.8 Å². The van der Waals surface area contributed by atoms with Crippen LogP contribution in [0.4, 0.5) is 0 Å². The predicted octanol–water partition coefficient (Wildman–Crippen LogP) is 1.95. The molecule has 4 rings (SSSR count). The third-order valence-electron chi connectivity index (χ3n) is 5.01. The molecule has 0 spiro atoms. The standard InChI is InChI=1S/C15H22N4O2/c20-14(16-10-6-7-10)13-18-15(21-19-13)12-8-5-9-3-1-2-4-11(9)17-12/h9-12,17H,1-8H2,(H,16,20). The van der Waals surface area contributed by atoms with Crippen LogP contribution in [-0.2, 0) is 0 Å². The van der Waals surface area contributed by atoms with E-state index in [4.69, 9.17) is 4.52 Å². The minimum absolute atomic E-state index is 0.110. The monoisotopic (exact) mass is 290 g/mol. The van der Waals surface area contributed by atoms with Crippen LogP contribution in [0.5, 0.6) is 0 Å². The fourth-order valence-electron chi connectivity index (χ4n) is 3.64. The van der Waals surface area contributed by atoms with Gasteiger partial charge in [0.1, 0.15) is 0 Å². The SMILES string of the molecule is O=C(NC1CC1)c1noc(C2CCC3CCCCC3N2)n1. The zero-order valence-electron chi connectivity index (χ0n) is 12.2. The molecule has 1 amide bonds. The Bertz CT molecular complexity index is 525. The summed E-state index contributed by atoms with van der Waals surface area (Å²) in [6.07, 6.45) is 9.60. The van der Waals surface area contributed by atoms with Gasteiger partial charge in [-0.25, -0.2) is 0 Å². The topological polar surface area (TPSA) is 80.0 Å². The molecule has 0 radical (unpaired) electrons. The van der Waals surface area contributed by atoms with Crippen molar-refractivity contribution >= 4 is 5.91 Å². The highest BCUT2D eigenvalue weighted by Gasteiger charge is 2.35. The second-order valence-corrected chi connectivity index (χ2v) is 6.65. The van der Waals surface area contributed by atoms with Crippen molar-refractivity contribution in [3.63, 3.8) is 0 Å². The van der Waals surface area contributed by atoms with Gasteiger partial charge in [-0.2, -0.15) is 4.98 Å². The van der Waals surface area contributed by atoms with Gasteiger partial charge in [0.05, 0.1) is 6.04 Å². The summed E-state index contributed by atoms with van der Waals surface area (Å²) >= 11 is 0. The quantitative estimate of drug-likeness (QED) is 0.889. The van der Waals surface area contributed by atoms with Crippen LogP contribution in [-0.4, -0.2) is 28.1 Å². The van der Waals surface area contributed by atoms with Crippen LogP contribution in [0.2, 0.25) is 0 Å². The number of carbonyl (C=O) groups is 1. The number of nitrogens with zero attached hydrogens (tertiary/aromatic N) is 2. The fraction of sp³-hybridized carbons (Fsp3) is 0.800. The van der Waals surface area contributed by atoms with E-state index in [1.165, 1.54) is 32.1 Å². The Kier molecular flexibility index (Phi) is 3.41. The van der Waals surface area contributed by atoms with Crippen LogP contribution in [0.3, 0.4) is 0 Å². The first-order valence-electron chi connectivity index (χ1n) is 8.20. The van der Waals surface area contributed by atoms with Crippen LogP contribution in [0.15, 0.2) is 4.52 Å². The Morgan fingerprint density at radius 2 is 2.00 bits per heavy atom. The molecule has 6 heteroatoms. The lowest BCUT2D eigenvalue weighted by Gasteiger charge is -2.39. The van der Waals surface area contributed by atoms with Crippen LogP contribution < -0.4 is 10.6 Å². The zero-order chi connectivity index (χ0) is 14.2. The van der Waals surface area contributed by atoms with Gasteiger partial charge in [0.2, 0.25) is 5.89 Å². The van der Waals surface area contributed by atoms with E-state index in [1.807, 2.05) is 0 Å². The number of hydrogen-bond donors (Lipinski definition) is 2. The molecule has 2 heterocycles. The first-order chi connectivity index (χ1) is 10.3. The van der Waals surface area contributed by atoms with Gasteiger partial charge in [0.25, 0.3) is 11.7 Å². The lowest BCUT2D eigenvalue weighted by atomic mass is 9.78. The van der Waals surface area contributed by atoms with Gasteiger partial charge in [-0.15, -0.1) is 0 Å². The Balaban J connectivity index is 1.41. The van der Waals surface area contributed by atoms with Gasteiger partial charge in [0, 0.05) is 12.1 Å². The van der Waals surface area contributed by atoms with E-state index < -0.39 is 0 Å². The van der Waals surface area contributed by atoms with E-state index in [0.29, 0.717) is 18.0 Å². The molecule has 0 bridgehead atoms. The Morgan fingerprint density at radius 3 is 2.86 bits per heavy atom. The summed E-state index contributed by atoms with van der Waals surface area (Å²) < 4.78 is 5.32. The molecule has 114 valence electrons. The predicted molar refractivity (Wildman–Crippen MR) is 75.6 cm³/mol. The minimum Gasteiger partial charge on any atom is -0.346 e. The summed E-state index contributed by atoms with van der Waals surface area (Å²) in [5.74, 6) is 1.33. The number of hydrogen-bond acceptors (Lipinski definition) is 5. The average Bonchev–Trinajstić information content (AvgIpc) is 3.18. The average molecular weight is 290 g/mol. The third-order valence-corrected chi connectivity index (χ3v) is 5.01. The number of piperidine rings is 1. The number of aromatic nitrogens is 2. The third kappa shape index (κ3) is 2.81. The highest BCUT2D eigenvalue weighted by Crippen LogP contribution is 2.36. The van der Waals surface area contributed by atoms with Crippen molar-refractivity contribution in [1.29, 1.82) is 0 Å². The smallest absolute Gasteiger partial charge is 0.292 e. The molecule has 3 aliphatic rings. The molecule has 1 saturated heterocycles. The molecule has 2 N–H and O–H groups in total. The Morgan fingerprint density at radius 1 is 1.14 bits per heavy atom. The minimum atomic E-state index is -0.209. The molecule has 2 aliphatic carbocycles. The molecule has 1 aliphatic heterocycles. The number of carbonyl (C=O) groups excluding carboxylic acids is 1. The van der Waals surface area contributed by atoms with Crippen molar-refractivity contribution in [2.24, 2.45) is 5.92 Å². The molecule has 0 aromatic carbocycles. The fourth-order valence-corrected chi connectivity index (χ4v) is 3.64. The maximum Gasteiger partial charge on any atom is 0.292 e. The van der Waals surface area contributed by atoms with Crippen molar-refractivity contribution in [2.45, 2.75) is 69.5 Å².